The third-order valence-electron chi connectivity index (χ3n) is 3.87. The van der Waals surface area contributed by atoms with Gasteiger partial charge in [0.15, 0.2) is 0 Å². The summed E-state index contributed by atoms with van der Waals surface area (Å²) in [7, 11) is 3.10. The normalized spacial score (nSPS) is 11.0. The zero-order valence-electron chi connectivity index (χ0n) is 15.2. The highest BCUT2D eigenvalue weighted by atomic mass is 79.9. The van der Waals surface area contributed by atoms with E-state index in [2.05, 4.69) is 20.9 Å². The van der Waals surface area contributed by atoms with Gasteiger partial charge in [0.1, 0.15) is 23.8 Å². The zero-order chi connectivity index (χ0) is 20.1. The second-order valence-corrected chi connectivity index (χ2v) is 6.63. The Hall–Kier alpha value is -3.13. The fourth-order valence-electron chi connectivity index (χ4n) is 2.52. The molecule has 0 atom stereocenters. The van der Waals surface area contributed by atoms with Crippen molar-refractivity contribution in [3.63, 3.8) is 0 Å². The molecule has 0 radical (unpaired) electrons. The molecule has 2 aromatic heterocycles. The van der Waals surface area contributed by atoms with Gasteiger partial charge in [-0.05, 0) is 52.3 Å². The summed E-state index contributed by atoms with van der Waals surface area (Å²) >= 11 is 3.31. The van der Waals surface area contributed by atoms with Crippen molar-refractivity contribution >= 4 is 33.6 Å². The highest BCUT2D eigenvalue weighted by Gasteiger charge is 2.07. The Morgan fingerprint density at radius 2 is 2.00 bits per heavy atom. The number of hydrogen-bond acceptors (Lipinski definition) is 6. The number of ether oxygens (including phenoxy) is 3. The van der Waals surface area contributed by atoms with Gasteiger partial charge in [-0.2, -0.15) is 0 Å². The predicted octanol–water partition coefficient (Wildman–Crippen LogP) is 3.23. The molecule has 8 heteroatoms. The molecule has 0 amide bonds. The molecule has 0 saturated carbocycles. The summed E-state index contributed by atoms with van der Waals surface area (Å²) in [6.45, 7) is -0.111. The van der Waals surface area contributed by atoms with Crippen molar-refractivity contribution in [2.45, 2.75) is 6.61 Å². The fourth-order valence-corrected chi connectivity index (χ4v) is 2.86. The maximum atomic E-state index is 12.2. The van der Waals surface area contributed by atoms with Gasteiger partial charge in [0.25, 0.3) is 5.56 Å². The van der Waals surface area contributed by atoms with Crippen LogP contribution in [0.15, 0.2) is 57.9 Å². The van der Waals surface area contributed by atoms with Crippen LogP contribution in [0.3, 0.4) is 0 Å². The number of benzene rings is 1. The second-order valence-electron chi connectivity index (χ2n) is 5.71. The van der Waals surface area contributed by atoms with E-state index < -0.39 is 5.97 Å². The molecular formula is C20H17BrN2O5. The average molecular weight is 445 g/mol. The molecule has 0 aliphatic heterocycles. The number of fused-ring (bicyclic) bond motifs is 1. The molecule has 3 aromatic rings. The number of nitrogens with zero attached hydrogens (tertiary/aromatic N) is 2. The average Bonchev–Trinajstić information content (AvgIpc) is 2.71. The monoisotopic (exact) mass is 444 g/mol. The Morgan fingerprint density at radius 1 is 1.18 bits per heavy atom. The van der Waals surface area contributed by atoms with Gasteiger partial charge in [-0.25, -0.2) is 9.78 Å². The van der Waals surface area contributed by atoms with E-state index in [0.29, 0.717) is 28.4 Å². The van der Waals surface area contributed by atoms with Crippen LogP contribution >= 0.6 is 15.9 Å². The predicted molar refractivity (Wildman–Crippen MR) is 108 cm³/mol. The van der Waals surface area contributed by atoms with Crippen molar-refractivity contribution in [2.75, 3.05) is 14.2 Å². The molecule has 1 aromatic carbocycles. The quantitative estimate of drug-likeness (QED) is 0.428. The number of carbonyl (C=O) groups is 1. The largest absolute Gasteiger partial charge is 0.497 e. The van der Waals surface area contributed by atoms with Gasteiger partial charge in [-0.3, -0.25) is 9.20 Å². The zero-order valence-corrected chi connectivity index (χ0v) is 16.8. The number of methoxy groups -OCH3 is 2. The summed E-state index contributed by atoms with van der Waals surface area (Å²) in [5.41, 5.74) is 1.26. The third kappa shape index (κ3) is 4.58. The first-order valence-electron chi connectivity index (χ1n) is 8.25. The van der Waals surface area contributed by atoms with Gasteiger partial charge in [-0.15, -0.1) is 0 Å². The van der Waals surface area contributed by atoms with Gasteiger partial charge in [0.2, 0.25) is 0 Å². The lowest BCUT2D eigenvalue weighted by atomic mass is 10.1. The number of hydrogen-bond donors (Lipinski definition) is 0. The summed E-state index contributed by atoms with van der Waals surface area (Å²) in [5.74, 6) is 0.671. The summed E-state index contributed by atoms with van der Waals surface area (Å²) in [5, 5.41) is 0. The van der Waals surface area contributed by atoms with Crippen molar-refractivity contribution in [2.24, 2.45) is 0 Å². The topological polar surface area (TPSA) is 79.1 Å². The maximum Gasteiger partial charge on any atom is 0.331 e. The summed E-state index contributed by atoms with van der Waals surface area (Å²) in [6, 6.07) is 10.1. The molecule has 0 spiro atoms. The smallest absolute Gasteiger partial charge is 0.331 e. The maximum absolute atomic E-state index is 12.2. The summed E-state index contributed by atoms with van der Waals surface area (Å²) in [4.78, 5) is 28.5. The standard InChI is InChI=1S/C20H17BrN2O5/c1-26-16-5-6-17(27-2)13(9-16)3-8-20(25)28-12-15-10-19(24)23-11-14(21)4-7-18(23)22-15/h3-11H,12H2,1-2H3/b8-3+. The molecule has 28 heavy (non-hydrogen) atoms. The lowest BCUT2D eigenvalue weighted by Crippen LogP contribution is -2.16. The minimum atomic E-state index is -0.567. The van der Waals surface area contributed by atoms with Gasteiger partial charge in [-0.1, -0.05) is 0 Å². The molecule has 0 bridgehead atoms. The van der Waals surface area contributed by atoms with Crippen LogP contribution in [0.4, 0.5) is 0 Å². The molecule has 0 aliphatic carbocycles. The summed E-state index contributed by atoms with van der Waals surface area (Å²) < 4.78 is 17.8. The van der Waals surface area contributed by atoms with Crippen LogP contribution in [0.2, 0.25) is 0 Å². The highest BCUT2D eigenvalue weighted by Crippen LogP contribution is 2.25. The molecule has 144 valence electrons. The van der Waals surface area contributed by atoms with Crippen molar-refractivity contribution < 1.29 is 19.0 Å². The van der Waals surface area contributed by atoms with E-state index in [1.807, 2.05) is 0 Å². The molecule has 3 rings (SSSR count). The van der Waals surface area contributed by atoms with Crippen LogP contribution in [0.25, 0.3) is 11.7 Å². The molecule has 0 fully saturated rings. The van der Waals surface area contributed by atoms with E-state index in [1.165, 1.54) is 16.5 Å². The molecular weight excluding hydrogens is 428 g/mol. The Balaban J connectivity index is 1.71. The van der Waals surface area contributed by atoms with Crippen LogP contribution in [0.1, 0.15) is 11.3 Å². The molecule has 7 nitrogen and oxygen atoms in total. The minimum Gasteiger partial charge on any atom is -0.497 e. The second kappa shape index (κ2) is 8.71. The molecule has 2 heterocycles. The number of carbonyl (C=O) groups excluding carboxylic acids is 1. The van der Waals surface area contributed by atoms with Gasteiger partial charge in [0.05, 0.1) is 19.9 Å². The SMILES string of the molecule is COc1ccc(OC)c(/C=C/C(=O)OCc2cc(=O)n3cc(Br)ccc3n2)c1. The fraction of sp³-hybridized carbons (Fsp3) is 0.150. The summed E-state index contributed by atoms with van der Waals surface area (Å²) in [6.07, 6.45) is 4.48. The van der Waals surface area contributed by atoms with Crippen LogP contribution in [-0.4, -0.2) is 29.6 Å². The van der Waals surface area contributed by atoms with Gasteiger partial charge >= 0.3 is 5.97 Å². The van der Waals surface area contributed by atoms with Crippen LogP contribution in [0.5, 0.6) is 11.5 Å². The van der Waals surface area contributed by atoms with E-state index in [0.717, 1.165) is 4.47 Å². The van der Waals surface area contributed by atoms with E-state index in [9.17, 15) is 9.59 Å². The van der Waals surface area contributed by atoms with E-state index in [4.69, 9.17) is 14.2 Å². The first kappa shape index (κ1) is 19.6. The number of rotatable bonds is 6. The Bertz CT molecular complexity index is 1110. The van der Waals surface area contributed by atoms with Crippen molar-refractivity contribution in [1.29, 1.82) is 0 Å². The Labute approximate surface area is 169 Å². The molecule has 0 N–H and O–H groups in total. The van der Waals surface area contributed by atoms with Crippen molar-refractivity contribution in [1.82, 2.24) is 9.38 Å². The number of halogens is 1. The van der Waals surface area contributed by atoms with Crippen molar-refractivity contribution in [3.05, 3.63) is 74.8 Å². The lowest BCUT2D eigenvalue weighted by molar-refractivity contribution is -0.139. The Morgan fingerprint density at radius 3 is 2.75 bits per heavy atom. The van der Waals surface area contributed by atoms with E-state index >= 15 is 0 Å². The van der Waals surface area contributed by atoms with Gasteiger partial charge in [0, 0.05) is 28.4 Å². The van der Waals surface area contributed by atoms with E-state index in [1.54, 1.807) is 56.8 Å². The van der Waals surface area contributed by atoms with Crippen molar-refractivity contribution in [3.8, 4) is 11.5 Å². The first-order chi connectivity index (χ1) is 13.5. The van der Waals surface area contributed by atoms with Crippen LogP contribution in [-0.2, 0) is 16.1 Å². The lowest BCUT2D eigenvalue weighted by Gasteiger charge is -2.07. The van der Waals surface area contributed by atoms with Crippen LogP contribution in [0, 0.1) is 0 Å². The van der Waals surface area contributed by atoms with E-state index in [-0.39, 0.29) is 12.2 Å². The molecule has 0 aliphatic rings. The Kier molecular flexibility index (Phi) is 6.10. The number of aromatic nitrogens is 2. The van der Waals surface area contributed by atoms with Crippen LogP contribution < -0.4 is 15.0 Å². The molecule has 0 saturated heterocycles. The number of esters is 1. The number of pyridine rings is 1. The minimum absolute atomic E-state index is 0.111. The molecule has 0 unspecified atom stereocenters. The first-order valence-corrected chi connectivity index (χ1v) is 9.04. The van der Waals surface area contributed by atoms with Gasteiger partial charge < -0.3 is 14.2 Å². The third-order valence-corrected chi connectivity index (χ3v) is 4.34. The highest BCUT2D eigenvalue weighted by molar-refractivity contribution is 9.10.